The van der Waals surface area contributed by atoms with Crippen molar-refractivity contribution in [2.75, 3.05) is 5.32 Å². The standard InChI is InChI=1S/C16H10ClF2N3O/c17-10-3-1-9(2-4-10)13-8-15(22-21-13)16(23)20-14-7-11(18)5-6-12(14)19/h1-8H,(H,20,23)(H,21,22). The molecule has 7 heteroatoms. The molecule has 0 saturated heterocycles. The third-order valence-electron chi connectivity index (χ3n) is 3.14. The topological polar surface area (TPSA) is 57.8 Å². The van der Waals surface area contributed by atoms with E-state index in [4.69, 9.17) is 11.6 Å². The van der Waals surface area contributed by atoms with Crippen LogP contribution >= 0.6 is 11.6 Å². The van der Waals surface area contributed by atoms with Crippen LogP contribution in [-0.2, 0) is 0 Å². The van der Waals surface area contributed by atoms with Crippen molar-refractivity contribution < 1.29 is 13.6 Å². The van der Waals surface area contributed by atoms with E-state index in [9.17, 15) is 13.6 Å². The summed E-state index contributed by atoms with van der Waals surface area (Å²) in [7, 11) is 0. The van der Waals surface area contributed by atoms with E-state index >= 15 is 0 Å². The number of aromatic nitrogens is 2. The Labute approximate surface area is 135 Å². The van der Waals surface area contributed by atoms with Crippen LogP contribution in [0.25, 0.3) is 11.3 Å². The van der Waals surface area contributed by atoms with Crippen LogP contribution in [0.1, 0.15) is 10.5 Å². The van der Waals surface area contributed by atoms with Crippen molar-refractivity contribution in [2.24, 2.45) is 0 Å². The molecule has 2 N–H and O–H groups in total. The molecular formula is C16H10ClF2N3O. The predicted octanol–water partition coefficient (Wildman–Crippen LogP) is 4.26. The van der Waals surface area contributed by atoms with Crippen LogP contribution in [0.4, 0.5) is 14.5 Å². The van der Waals surface area contributed by atoms with Gasteiger partial charge in [-0.2, -0.15) is 5.10 Å². The Morgan fingerprint density at radius 2 is 1.83 bits per heavy atom. The average Bonchev–Trinajstić information content (AvgIpc) is 3.02. The fraction of sp³-hybridized carbons (Fsp3) is 0. The highest BCUT2D eigenvalue weighted by Gasteiger charge is 2.13. The number of hydrogen-bond acceptors (Lipinski definition) is 2. The molecular weight excluding hydrogens is 324 g/mol. The fourth-order valence-electron chi connectivity index (χ4n) is 1.99. The first kappa shape index (κ1) is 15.2. The predicted molar refractivity (Wildman–Crippen MR) is 83.3 cm³/mol. The van der Waals surface area contributed by atoms with E-state index in [1.165, 1.54) is 6.07 Å². The number of nitrogens with one attached hydrogen (secondary N) is 2. The number of rotatable bonds is 3. The summed E-state index contributed by atoms with van der Waals surface area (Å²) >= 11 is 5.81. The molecule has 0 spiro atoms. The summed E-state index contributed by atoms with van der Waals surface area (Å²) in [6.07, 6.45) is 0. The Morgan fingerprint density at radius 3 is 2.57 bits per heavy atom. The molecule has 0 radical (unpaired) electrons. The summed E-state index contributed by atoms with van der Waals surface area (Å²) in [5.74, 6) is -1.99. The van der Waals surface area contributed by atoms with E-state index in [0.29, 0.717) is 10.7 Å². The van der Waals surface area contributed by atoms with Gasteiger partial charge in [0.25, 0.3) is 5.91 Å². The maximum Gasteiger partial charge on any atom is 0.273 e. The van der Waals surface area contributed by atoms with Crippen molar-refractivity contribution in [3.63, 3.8) is 0 Å². The van der Waals surface area contributed by atoms with E-state index in [1.807, 2.05) is 0 Å². The van der Waals surface area contributed by atoms with Crippen molar-refractivity contribution in [2.45, 2.75) is 0 Å². The second-order valence-corrected chi connectivity index (χ2v) is 5.19. The average molecular weight is 334 g/mol. The van der Waals surface area contributed by atoms with Gasteiger partial charge in [0, 0.05) is 16.7 Å². The van der Waals surface area contributed by atoms with Gasteiger partial charge in [0.1, 0.15) is 17.3 Å². The number of hydrogen-bond donors (Lipinski definition) is 2. The van der Waals surface area contributed by atoms with Crippen molar-refractivity contribution in [1.29, 1.82) is 0 Å². The lowest BCUT2D eigenvalue weighted by Crippen LogP contribution is -2.13. The zero-order valence-corrected chi connectivity index (χ0v) is 12.4. The Balaban J connectivity index is 1.81. The maximum atomic E-state index is 13.5. The molecule has 2 aromatic carbocycles. The molecule has 4 nitrogen and oxygen atoms in total. The van der Waals surface area contributed by atoms with Crippen molar-refractivity contribution in [3.05, 3.63) is 70.9 Å². The maximum absolute atomic E-state index is 13.5. The molecule has 0 aliphatic heterocycles. The fourth-order valence-corrected chi connectivity index (χ4v) is 2.12. The zero-order chi connectivity index (χ0) is 16.4. The molecule has 0 atom stereocenters. The molecule has 1 aromatic heterocycles. The minimum atomic E-state index is -0.725. The lowest BCUT2D eigenvalue weighted by molar-refractivity contribution is 0.102. The summed E-state index contributed by atoms with van der Waals surface area (Å²) in [4.78, 5) is 12.1. The van der Waals surface area contributed by atoms with Crippen LogP contribution in [0.5, 0.6) is 0 Å². The number of carbonyl (C=O) groups excluding carboxylic acids is 1. The van der Waals surface area contributed by atoms with Gasteiger partial charge in [-0.15, -0.1) is 0 Å². The second-order valence-electron chi connectivity index (χ2n) is 4.75. The van der Waals surface area contributed by atoms with Crippen LogP contribution in [-0.4, -0.2) is 16.1 Å². The van der Waals surface area contributed by atoms with Crippen LogP contribution in [0.2, 0.25) is 5.02 Å². The van der Waals surface area contributed by atoms with Gasteiger partial charge >= 0.3 is 0 Å². The van der Waals surface area contributed by atoms with E-state index in [-0.39, 0.29) is 11.4 Å². The van der Waals surface area contributed by atoms with Gasteiger partial charge in [0.05, 0.1) is 11.4 Å². The van der Waals surface area contributed by atoms with Gasteiger partial charge in [-0.05, 0) is 30.3 Å². The highest BCUT2D eigenvalue weighted by molar-refractivity contribution is 6.30. The first-order valence-electron chi connectivity index (χ1n) is 6.61. The minimum absolute atomic E-state index is 0.124. The third kappa shape index (κ3) is 3.37. The Kier molecular flexibility index (Phi) is 4.08. The molecule has 0 aliphatic carbocycles. The van der Waals surface area contributed by atoms with Crippen LogP contribution < -0.4 is 5.32 Å². The van der Waals surface area contributed by atoms with Gasteiger partial charge in [0.2, 0.25) is 0 Å². The molecule has 1 heterocycles. The third-order valence-corrected chi connectivity index (χ3v) is 3.39. The van der Waals surface area contributed by atoms with E-state index in [1.54, 1.807) is 24.3 Å². The van der Waals surface area contributed by atoms with Crippen LogP contribution in [0.15, 0.2) is 48.5 Å². The summed E-state index contributed by atoms with van der Waals surface area (Å²) in [6, 6.07) is 11.2. The Hall–Kier alpha value is -2.73. The molecule has 0 saturated carbocycles. The van der Waals surface area contributed by atoms with Gasteiger partial charge in [-0.3, -0.25) is 9.89 Å². The summed E-state index contributed by atoms with van der Waals surface area (Å²) < 4.78 is 26.6. The smallest absolute Gasteiger partial charge is 0.273 e. The monoisotopic (exact) mass is 333 g/mol. The number of aromatic amines is 1. The highest BCUT2D eigenvalue weighted by atomic mass is 35.5. The van der Waals surface area contributed by atoms with Crippen molar-refractivity contribution >= 4 is 23.2 Å². The number of anilines is 1. The summed E-state index contributed by atoms with van der Waals surface area (Å²) in [6.45, 7) is 0. The van der Waals surface area contributed by atoms with Crippen LogP contribution in [0, 0.1) is 11.6 Å². The first-order chi connectivity index (χ1) is 11.0. The highest BCUT2D eigenvalue weighted by Crippen LogP contribution is 2.21. The molecule has 0 bridgehead atoms. The minimum Gasteiger partial charge on any atom is -0.318 e. The zero-order valence-electron chi connectivity index (χ0n) is 11.6. The first-order valence-corrected chi connectivity index (χ1v) is 6.98. The molecule has 1 amide bonds. The molecule has 0 unspecified atom stereocenters. The van der Waals surface area contributed by atoms with Gasteiger partial charge < -0.3 is 5.32 Å². The normalized spacial score (nSPS) is 10.6. The van der Waals surface area contributed by atoms with Crippen molar-refractivity contribution in [1.82, 2.24) is 10.2 Å². The quantitative estimate of drug-likeness (QED) is 0.752. The van der Waals surface area contributed by atoms with Crippen molar-refractivity contribution in [3.8, 4) is 11.3 Å². The molecule has 23 heavy (non-hydrogen) atoms. The lowest BCUT2D eigenvalue weighted by atomic mass is 10.1. The number of H-pyrrole nitrogens is 1. The SMILES string of the molecule is O=C(Nc1cc(F)ccc1F)c1cc(-c2ccc(Cl)cc2)n[nH]1. The van der Waals surface area contributed by atoms with Gasteiger partial charge in [-0.1, -0.05) is 23.7 Å². The number of nitrogens with zero attached hydrogens (tertiary/aromatic N) is 1. The molecule has 0 fully saturated rings. The molecule has 0 aliphatic rings. The van der Waals surface area contributed by atoms with E-state index < -0.39 is 17.5 Å². The number of amides is 1. The Bertz CT molecular complexity index is 862. The Morgan fingerprint density at radius 1 is 1.09 bits per heavy atom. The summed E-state index contributed by atoms with van der Waals surface area (Å²) in [5.41, 5.74) is 1.18. The van der Waals surface area contributed by atoms with Gasteiger partial charge in [0.15, 0.2) is 0 Å². The molecule has 3 aromatic rings. The van der Waals surface area contributed by atoms with E-state index in [2.05, 4.69) is 15.5 Å². The summed E-state index contributed by atoms with van der Waals surface area (Å²) in [5, 5.41) is 9.47. The van der Waals surface area contributed by atoms with Gasteiger partial charge in [-0.25, -0.2) is 8.78 Å². The lowest BCUT2D eigenvalue weighted by Gasteiger charge is -2.04. The molecule has 3 rings (SSSR count). The van der Waals surface area contributed by atoms with E-state index in [0.717, 1.165) is 23.8 Å². The van der Waals surface area contributed by atoms with Crippen LogP contribution in [0.3, 0.4) is 0 Å². The largest absolute Gasteiger partial charge is 0.318 e. The number of carbonyl (C=O) groups is 1. The number of benzene rings is 2. The molecule has 116 valence electrons. The second kappa shape index (κ2) is 6.18. The number of halogens is 3.